The van der Waals surface area contributed by atoms with E-state index in [4.69, 9.17) is 23.2 Å². The fraction of sp³-hybridized carbons (Fsp3) is 0.350. The number of carbonyl (C=O) groups excluding carboxylic acids is 1. The molecule has 0 atom stereocenters. The summed E-state index contributed by atoms with van der Waals surface area (Å²) < 4.78 is 0. The van der Waals surface area contributed by atoms with E-state index in [1.54, 1.807) is 18.2 Å². The van der Waals surface area contributed by atoms with Crippen LogP contribution in [-0.4, -0.2) is 43.5 Å². The van der Waals surface area contributed by atoms with E-state index in [2.05, 4.69) is 34.2 Å². The summed E-state index contributed by atoms with van der Waals surface area (Å²) in [6, 6.07) is 11.0. The van der Waals surface area contributed by atoms with Crippen molar-refractivity contribution in [3.05, 3.63) is 57.6 Å². The molecular weight excluding hydrogens is 369 g/mol. The van der Waals surface area contributed by atoms with E-state index in [-0.39, 0.29) is 5.91 Å². The number of carbonyl (C=O) groups is 1. The van der Waals surface area contributed by atoms with Crippen molar-refractivity contribution >= 4 is 40.5 Å². The predicted molar refractivity (Wildman–Crippen MR) is 110 cm³/mol. The van der Waals surface area contributed by atoms with Gasteiger partial charge in [0.1, 0.15) is 0 Å². The summed E-state index contributed by atoms with van der Waals surface area (Å²) in [5, 5.41) is 3.83. The molecule has 1 saturated heterocycles. The predicted octanol–water partition coefficient (Wildman–Crippen LogP) is 4.70. The summed E-state index contributed by atoms with van der Waals surface area (Å²) >= 11 is 12.0. The summed E-state index contributed by atoms with van der Waals surface area (Å²) in [4.78, 5) is 17.3. The van der Waals surface area contributed by atoms with Gasteiger partial charge >= 0.3 is 0 Å². The maximum atomic E-state index is 12.5. The number of hydrogen-bond donors (Lipinski definition) is 1. The molecule has 0 unspecified atom stereocenters. The second-order valence-electron chi connectivity index (χ2n) is 6.53. The van der Waals surface area contributed by atoms with Crippen LogP contribution in [0.3, 0.4) is 0 Å². The molecule has 0 saturated carbocycles. The van der Waals surface area contributed by atoms with Gasteiger partial charge in [0.25, 0.3) is 5.91 Å². The van der Waals surface area contributed by atoms with Crippen LogP contribution in [0.2, 0.25) is 10.0 Å². The number of rotatable bonds is 4. The smallest absolute Gasteiger partial charge is 0.255 e. The molecule has 2 aromatic carbocycles. The Morgan fingerprint density at radius 2 is 1.69 bits per heavy atom. The topological polar surface area (TPSA) is 35.6 Å². The third-order valence-corrected chi connectivity index (χ3v) is 5.20. The molecule has 6 heteroatoms. The molecule has 3 rings (SSSR count). The van der Waals surface area contributed by atoms with Crippen molar-refractivity contribution in [2.45, 2.75) is 13.8 Å². The number of amides is 1. The monoisotopic (exact) mass is 391 g/mol. The number of anilines is 2. The number of nitrogens with zero attached hydrogens (tertiary/aromatic N) is 2. The van der Waals surface area contributed by atoms with Crippen LogP contribution in [0.1, 0.15) is 22.8 Å². The first-order chi connectivity index (χ1) is 12.5. The van der Waals surface area contributed by atoms with Crippen molar-refractivity contribution in [3.8, 4) is 0 Å². The largest absolute Gasteiger partial charge is 0.369 e. The number of halogens is 2. The summed E-state index contributed by atoms with van der Waals surface area (Å²) in [6.07, 6.45) is 0. The van der Waals surface area contributed by atoms with Crippen LogP contribution < -0.4 is 10.2 Å². The first kappa shape index (κ1) is 19.0. The Hall–Kier alpha value is -1.75. The van der Waals surface area contributed by atoms with E-state index in [1.165, 1.54) is 5.69 Å². The Kier molecular flexibility index (Phi) is 6.07. The number of piperazine rings is 1. The highest BCUT2D eigenvalue weighted by molar-refractivity contribution is 6.35. The zero-order chi connectivity index (χ0) is 18.7. The van der Waals surface area contributed by atoms with Gasteiger partial charge in [-0.1, -0.05) is 30.1 Å². The van der Waals surface area contributed by atoms with Crippen LogP contribution in [-0.2, 0) is 0 Å². The lowest BCUT2D eigenvalue weighted by Crippen LogP contribution is -2.46. The van der Waals surface area contributed by atoms with E-state index in [0.717, 1.165) is 44.0 Å². The van der Waals surface area contributed by atoms with E-state index in [9.17, 15) is 4.79 Å². The molecule has 0 aliphatic carbocycles. The Labute approximate surface area is 164 Å². The zero-order valence-electron chi connectivity index (χ0n) is 15.1. The van der Waals surface area contributed by atoms with Crippen molar-refractivity contribution in [2.75, 3.05) is 42.9 Å². The molecule has 2 aromatic rings. The first-order valence-electron chi connectivity index (χ1n) is 8.81. The van der Waals surface area contributed by atoms with Gasteiger partial charge in [0.2, 0.25) is 0 Å². The van der Waals surface area contributed by atoms with E-state index in [1.807, 2.05) is 13.0 Å². The summed E-state index contributed by atoms with van der Waals surface area (Å²) in [5.41, 5.74) is 3.47. The molecule has 0 radical (unpaired) electrons. The van der Waals surface area contributed by atoms with Crippen molar-refractivity contribution in [1.29, 1.82) is 0 Å². The van der Waals surface area contributed by atoms with Gasteiger partial charge in [-0.15, -0.1) is 0 Å². The van der Waals surface area contributed by atoms with Crippen molar-refractivity contribution < 1.29 is 4.79 Å². The van der Waals surface area contributed by atoms with Gasteiger partial charge in [0, 0.05) is 53.2 Å². The van der Waals surface area contributed by atoms with Crippen LogP contribution in [0.4, 0.5) is 11.4 Å². The number of nitrogens with one attached hydrogen (secondary N) is 1. The first-order valence-corrected chi connectivity index (χ1v) is 9.57. The maximum absolute atomic E-state index is 12.5. The van der Waals surface area contributed by atoms with Crippen molar-refractivity contribution in [3.63, 3.8) is 0 Å². The molecule has 1 heterocycles. The van der Waals surface area contributed by atoms with Crippen LogP contribution in [0, 0.1) is 6.92 Å². The van der Waals surface area contributed by atoms with Gasteiger partial charge in [-0.2, -0.15) is 0 Å². The van der Waals surface area contributed by atoms with E-state index in [0.29, 0.717) is 15.6 Å². The van der Waals surface area contributed by atoms with E-state index >= 15 is 0 Å². The third kappa shape index (κ3) is 4.50. The molecule has 138 valence electrons. The summed E-state index contributed by atoms with van der Waals surface area (Å²) in [6.45, 7) is 9.54. The molecule has 1 amide bonds. The van der Waals surface area contributed by atoms with Crippen LogP contribution >= 0.6 is 23.2 Å². The van der Waals surface area contributed by atoms with Gasteiger partial charge in [-0.25, -0.2) is 0 Å². The molecule has 0 aromatic heterocycles. The molecule has 0 spiro atoms. The zero-order valence-corrected chi connectivity index (χ0v) is 16.6. The molecular formula is C20H23Cl2N3O. The average Bonchev–Trinajstić information content (AvgIpc) is 2.62. The normalized spacial score (nSPS) is 15.2. The number of benzene rings is 2. The van der Waals surface area contributed by atoms with E-state index < -0.39 is 0 Å². The van der Waals surface area contributed by atoms with Gasteiger partial charge in [-0.3, -0.25) is 4.79 Å². The Morgan fingerprint density at radius 3 is 2.27 bits per heavy atom. The number of aryl methyl sites for hydroxylation is 1. The van der Waals surface area contributed by atoms with Gasteiger partial charge < -0.3 is 15.1 Å². The van der Waals surface area contributed by atoms with Crippen LogP contribution in [0.15, 0.2) is 36.4 Å². The quantitative estimate of drug-likeness (QED) is 0.820. The van der Waals surface area contributed by atoms with Gasteiger partial charge in [0.15, 0.2) is 0 Å². The summed E-state index contributed by atoms with van der Waals surface area (Å²) in [5.74, 6) is -0.221. The van der Waals surface area contributed by atoms with Gasteiger partial charge in [0.05, 0.1) is 0 Å². The molecule has 1 aliphatic heterocycles. The number of likely N-dealkylation sites (N-methyl/N-ethyl adjacent to an activating group) is 1. The number of hydrogen-bond acceptors (Lipinski definition) is 3. The van der Waals surface area contributed by atoms with Crippen LogP contribution in [0.5, 0.6) is 0 Å². The van der Waals surface area contributed by atoms with Gasteiger partial charge in [-0.05, 0) is 55.4 Å². The average molecular weight is 392 g/mol. The minimum atomic E-state index is -0.221. The lowest BCUT2D eigenvalue weighted by atomic mass is 10.1. The second-order valence-corrected chi connectivity index (χ2v) is 7.41. The molecule has 0 bridgehead atoms. The highest BCUT2D eigenvalue weighted by atomic mass is 35.5. The molecule has 26 heavy (non-hydrogen) atoms. The molecule has 1 aliphatic rings. The lowest BCUT2D eigenvalue weighted by Gasteiger charge is -2.35. The SMILES string of the molecule is CCN1CCN(c2ccc(NC(=O)c3cc(Cl)cc(Cl)c3)c(C)c2)CC1. The minimum Gasteiger partial charge on any atom is -0.369 e. The molecule has 1 fully saturated rings. The standard InChI is InChI=1S/C20H23Cl2N3O/c1-3-24-6-8-25(9-7-24)18-4-5-19(14(2)10-18)23-20(26)15-11-16(21)13-17(22)12-15/h4-5,10-13H,3,6-9H2,1-2H3,(H,23,26). The maximum Gasteiger partial charge on any atom is 0.255 e. The fourth-order valence-electron chi connectivity index (χ4n) is 3.19. The highest BCUT2D eigenvalue weighted by Gasteiger charge is 2.17. The second kappa shape index (κ2) is 8.30. The van der Waals surface area contributed by atoms with Crippen molar-refractivity contribution in [2.24, 2.45) is 0 Å². The van der Waals surface area contributed by atoms with Crippen molar-refractivity contribution in [1.82, 2.24) is 4.90 Å². The third-order valence-electron chi connectivity index (χ3n) is 4.77. The molecule has 1 N–H and O–H groups in total. The van der Waals surface area contributed by atoms with Crippen LogP contribution in [0.25, 0.3) is 0 Å². The lowest BCUT2D eigenvalue weighted by molar-refractivity contribution is 0.102. The fourth-order valence-corrected chi connectivity index (χ4v) is 3.71. The Morgan fingerprint density at radius 1 is 1.04 bits per heavy atom. The minimum absolute atomic E-state index is 0.221. The Balaban J connectivity index is 1.71. The highest BCUT2D eigenvalue weighted by Crippen LogP contribution is 2.25. The Bertz CT molecular complexity index is 781. The summed E-state index contributed by atoms with van der Waals surface area (Å²) in [7, 11) is 0. The molecule has 4 nitrogen and oxygen atoms in total.